The number of allylic oxidation sites excluding steroid dienone is 1. The fourth-order valence-corrected chi connectivity index (χ4v) is 4.29. The summed E-state index contributed by atoms with van der Waals surface area (Å²) >= 11 is 6.33. The van der Waals surface area contributed by atoms with Crippen molar-refractivity contribution in [2.75, 3.05) is 13.7 Å². The van der Waals surface area contributed by atoms with Crippen LogP contribution in [0.5, 0.6) is 11.5 Å². The number of benzene rings is 3. The molecule has 4 rings (SSSR count). The summed E-state index contributed by atoms with van der Waals surface area (Å²) in [5, 5.41) is 0.731. The summed E-state index contributed by atoms with van der Waals surface area (Å²) in [7, 11) is 1.70. The van der Waals surface area contributed by atoms with Gasteiger partial charge < -0.3 is 9.47 Å². The molecule has 1 aliphatic heterocycles. The second-order valence-electron chi connectivity index (χ2n) is 7.81. The molecule has 0 atom stereocenters. The molecule has 3 aromatic carbocycles. The smallest absolute Gasteiger partial charge is 0.165 e. The van der Waals surface area contributed by atoms with Crippen molar-refractivity contribution in [3.63, 3.8) is 0 Å². The van der Waals surface area contributed by atoms with Crippen molar-refractivity contribution in [3.05, 3.63) is 99.6 Å². The Bertz CT molecular complexity index is 1140. The number of ether oxygens (including phenoxy) is 2. The molecule has 1 aliphatic rings. The van der Waals surface area contributed by atoms with Crippen LogP contribution < -0.4 is 9.47 Å². The highest BCUT2D eigenvalue weighted by molar-refractivity contribution is 6.32. The number of rotatable bonds is 8. The predicted molar refractivity (Wildman–Crippen MR) is 133 cm³/mol. The van der Waals surface area contributed by atoms with E-state index in [2.05, 4.69) is 31.2 Å². The Labute approximate surface area is 195 Å². The first-order valence-corrected chi connectivity index (χ1v) is 11.5. The van der Waals surface area contributed by atoms with Gasteiger partial charge in [0.15, 0.2) is 11.5 Å². The third-order valence-corrected chi connectivity index (χ3v) is 6.00. The van der Waals surface area contributed by atoms with Gasteiger partial charge in [0, 0.05) is 22.7 Å². The van der Waals surface area contributed by atoms with Gasteiger partial charge in [-0.2, -0.15) is 0 Å². The first kappa shape index (κ1) is 22.2. The van der Waals surface area contributed by atoms with E-state index in [9.17, 15) is 0 Å². The molecule has 0 saturated heterocycles. The Morgan fingerprint density at radius 3 is 2.56 bits per heavy atom. The predicted octanol–water partition coefficient (Wildman–Crippen LogP) is 6.94. The zero-order valence-corrected chi connectivity index (χ0v) is 19.4. The summed E-state index contributed by atoms with van der Waals surface area (Å²) in [5.41, 5.74) is 6.73. The maximum absolute atomic E-state index is 6.34. The van der Waals surface area contributed by atoms with Gasteiger partial charge in [0.25, 0.3) is 0 Å². The van der Waals surface area contributed by atoms with Gasteiger partial charge in [-0.3, -0.25) is 4.99 Å². The lowest BCUT2D eigenvalue weighted by atomic mass is 9.89. The number of hydrogen-bond donors (Lipinski definition) is 0. The minimum Gasteiger partial charge on any atom is -0.493 e. The van der Waals surface area contributed by atoms with E-state index >= 15 is 0 Å². The third-order valence-electron chi connectivity index (χ3n) is 5.65. The molecular weight excluding hydrogens is 418 g/mol. The van der Waals surface area contributed by atoms with Gasteiger partial charge in [0.05, 0.1) is 12.8 Å². The first-order valence-electron chi connectivity index (χ1n) is 11.1. The number of aliphatic imine (C=N–C) groups is 1. The van der Waals surface area contributed by atoms with Gasteiger partial charge in [0.2, 0.25) is 0 Å². The molecule has 32 heavy (non-hydrogen) atoms. The SMILES string of the molecule is CCCc1c2c(cc(OC)c1OCc1ccccc1)C(/C=C/c1ccccc1Cl)=NCC2. The number of halogens is 1. The summed E-state index contributed by atoms with van der Waals surface area (Å²) in [6.07, 6.45) is 6.95. The number of fused-ring (bicyclic) bond motifs is 1. The molecule has 3 aromatic rings. The molecule has 0 aliphatic carbocycles. The molecule has 0 amide bonds. The fourth-order valence-electron chi connectivity index (χ4n) is 4.09. The van der Waals surface area contributed by atoms with E-state index in [1.165, 1.54) is 11.1 Å². The minimum atomic E-state index is 0.514. The van der Waals surface area contributed by atoms with Crippen molar-refractivity contribution < 1.29 is 9.47 Å². The van der Waals surface area contributed by atoms with Crippen LogP contribution >= 0.6 is 11.6 Å². The topological polar surface area (TPSA) is 30.8 Å². The van der Waals surface area contributed by atoms with Gasteiger partial charge in [-0.05, 0) is 47.7 Å². The van der Waals surface area contributed by atoms with Gasteiger partial charge >= 0.3 is 0 Å². The van der Waals surface area contributed by atoms with Gasteiger partial charge in [-0.1, -0.05) is 79.6 Å². The molecule has 164 valence electrons. The van der Waals surface area contributed by atoms with Crippen LogP contribution in [-0.2, 0) is 19.4 Å². The maximum Gasteiger partial charge on any atom is 0.165 e. The molecule has 0 saturated carbocycles. The van der Waals surface area contributed by atoms with Crippen molar-refractivity contribution >= 4 is 23.4 Å². The Hall–Kier alpha value is -3.04. The van der Waals surface area contributed by atoms with Crippen molar-refractivity contribution in [2.24, 2.45) is 4.99 Å². The van der Waals surface area contributed by atoms with Crippen LogP contribution in [0.1, 0.15) is 41.2 Å². The quantitative estimate of drug-likeness (QED) is 0.376. The van der Waals surface area contributed by atoms with Crippen LogP contribution in [0.2, 0.25) is 5.02 Å². The molecule has 0 spiro atoms. The highest BCUT2D eigenvalue weighted by Crippen LogP contribution is 2.39. The average molecular weight is 446 g/mol. The zero-order valence-electron chi connectivity index (χ0n) is 18.6. The summed E-state index contributed by atoms with van der Waals surface area (Å²) in [5.74, 6) is 1.61. The number of hydrogen-bond acceptors (Lipinski definition) is 3. The average Bonchev–Trinajstić information content (AvgIpc) is 2.83. The first-order chi connectivity index (χ1) is 15.7. The maximum atomic E-state index is 6.34. The number of methoxy groups -OCH3 is 1. The monoisotopic (exact) mass is 445 g/mol. The molecule has 0 bridgehead atoms. The van der Waals surface area contributed by atoms with Crippen molar-refractivity contribution in [3.8, 4) is 11.5 Å². The van der Waals surface area contributed by atoms with Crippen LogP contribution in [0.25, 0.3) is 6.08 Å². The third kappa shape index (κ3) is 4.89. The van der Waals surface area contributed by atoms with Crippen LogP contribution in [-0.4, -0.2) is 19.4 Å². The van der Waals surface area contributed by atoms with Crippen LogP contribution in [0, 0.1) is 0 Å². The van der Waals surface area contributed by atoms with Crippen LogP contribution in [0.3, 0.4) is 0 Å². The summed E-state index contributed by atoms with van der Waals surface area (Å²) < 4.78 is 12.1. The van der Waals surface area contributed by atoms with Crippen molar-refractivity contribution in [1.29, 1.82) is 0 Å². The minimum absolute atomic E-state index is 0.514. The van der Waals surface area contributed by atoms with E-state index in [1.54, 1.807) is 7.11 Å². The molecule has 1 heterocycles. The molecule has 0 aromatic heterocycles. The van der Waals surface area contributed by atoms with E-state index in [-0.39, 0.29) is 0 Å². The van der Waals surface area contributed by atoms with Crippen LogP contribution in [0.15, 0.2) is 71.7 Å². The fraction of sp³-hybridized carbons (Fsp3) is 0.250. The molecule has 0 radical (unpaired) electrons. The lowest BCUT2D eigenvalue weighted by Crippen LogP contribution is -2.15. The second-order valence-corrected chi connectivity index (χ2v) is 8.22. The summed E-state index contributed by atoms with van der Waals surface area (Å²) in [6, 6.07) is 20.1. The van der Waals surface area contributed by atoms with E-state index in [0.29, 0.717) is 6.61 Å². The Kier molecular flexibility index (Phi) is 7.28. The van der Waals surface area contributed by atoms with Crippen molar-refractivity contribution in [1.82, 2.24) is 0 Å². The summed E-state index contributed by atoms with van der Waals surface area (Å²) in [4.78, 5) is 4.81. The summed E-state index contributed by atoms with van der Waals surface area (Å²) in [6.45, 7) is 3.47. The highest BCUT2D eigenvalue weighted by Gasteiger charge is 2.23. The Morgan fingerprint density at radius 2 is 1.81 bits per heavy atom. The van der Waals surface area contributed by atoms with Crippen molar-refractivity contribution in [2.45, 2.75) is 32.8 Å². The van der Waals surface area contributed by atoms with E-state index in [1.807, 2.05) is 48.5 Å². The highest BCUT2D eigenvalue weighted by atomic mass is 35.5. The van der Waals surface area contributed by atoms with E-state index in [4.69, 9.17) is 26.1 Å². The lowest BCUT2D eigenvalue weighted by Gasteiger charge is -2.24. The Morgan fingerprint density at radius 1 is 1.03 bits per heavy atom. The second kappa shape index (κ2) is 10.5. The van der Waals surface area contributed by atoms with Crippen LogP contribution in [0.4, 0.5) is 0 Å². The van der Waals surface area contributed by atoms with Gasteiger partial charge in [0.1, 0.15) is 6.61 Å². The number of nitrogens with zero attached hydrogens (tertiary/aromatic N) is 1. The van der Waals surface area contributed by atoms with E-state index < -0.39 is 0 Å². The normalized spacial score (nSPS) is 13.0. The molecule has 0 unspecified atom stereocenters. The molecular formula is C28H28ClNO2. The Balaban J connectivity index is 1.71. The molecule has 3 nitrogen and oxygen atoms in total. The molecule has 0 N–H and O–H groups in total. The van der Waals surface area contributed by atoms with E-state index in [0.717, 1.165) is 64.7 Å². The molecule has 0 fully saturated rings. The lowest BCUT2D eigenvalue weighted by molar-refractivity contribution is 0.280. The molecule has 4 heteroatoms. The zero-order chi connectivity index (χ0) is 22.3. The standard InChI is InChI=1S/C28H28ClNO2/c1-3-9-23-22-16-17-30-26(15-14-21-12-7-8-13-25(21)29)24(22)18-27(31-2)28(23)32-19-20-10-5-4-6-11-20/h4-8,10-15,18H,3,9,16-17,19H2,1-2H3/b15-14+. The van der Waals surface area contributed by atoms with Gasteiger partial charge in [-0.25, -0.2) is 0 Å². The van der Waals surface area contributed by atoms with Gasteiger partial charge in [-0.15, -0.1) is 0 Å². The largest absolute Gasteiger partial charge is 0.493 e.